The van der Waals surface area contributed by atoms with Crippen molar-refractivity contribution >= 4 is 5.97 Å². The van der Waals surface area contributed by atoms with Gasteiger partial charge in [-0.15, -0.1) is 0 Å². The summed E-state index contributed by atoms with van der Waals surface area (Å²) >= 11 is 0. The second kappa shape index (κ2) is 8.72. The van der Waals surface area contributed by atoms with Crippen LogP contribution in [0.4, 0.5) is 0 Å². The summed E-state index contributed by atoms with van der Waals surface area (Å²) in [5, 5.41) is 9.23. The minimum absolute atomic E-state index is 0.426. The maximum Gasteiger partial charge on any atom is 0.373 e. The summed E-state index contributed by atoms with van der Waals surface area (Å²) in [5.74, 6) is -0.540. The number of rotatable bonds is 7. The highest BCUT2D eigenvalue weighted by Crippen LogP contribution is 2.27. The van der Waals surface area contributed by atoms with Crippen LogP contribution in [-0.2, 0) is 9.78 Å². The molecule has 0 saturated carbocycles. The smallest absolute Gasteiger partial charge is 0.292 e. The van der Waals surface area contributed by atoms with Gasteiger partial charge in [0, 0.05) is 5.56 Å². The minimum atomic E-state index is -0.540. The van der Waals surface area contributed by atoms with Crippen LogP contribution in [0, 0.1) is 11.3 Å². The van der Waals surface area contributed by atoms with Gasteiger partial charge in [0.15, 0.2) is 0 Å². The molecule has 0 heterocycles. The molecule has 0 radical (unpaired) electrons. The molecular formula is C19H19NO3. The zero-order chi connectivity index (χ0) is 16.5. The van der Waals surface area contributed by atoms with Crippen molar-refractivity contribution in [2.75, 3.05) is 0 Å². The highest BCUT2D eigenvalue weighted by Gasteiger charge is 2.19. The number of carbonyl (C=O) groups excluding carboxylic acids is 1. The highest BCUT2D eigenvalue weighted by atomic mass is 17.2. The molecule has 118 valence electrons. The Morgan fingerprint density at radius 2 is 1.83 bits per heavy atom. The molecule has 0 aromatic heterocycles. The van der Waals surface area contributed by atoms with E-state index in [1.165, 1.54) is 0 Å². The van der Waals surface area contributed by atoms with Gasteiger partial charge in [-0.2, -0.15) is 10.1 Å². The Morgan fingerprint density at radius 3 is 2.52 bits per heavy atom. The second-order valence-electron chi connectivity index (χ2n) is 5.16. The van der Waals surface area contributed by atoms with Gasteiger partial charge in [-0.1, -0.05) is 56.2 Å². The van der Waals surface area contributed by atoms with E-state index in [2.05, 4.69) is 13.0 Å². The van der Waals surface area contributed by atoms with Crippen LogP contribution in [0.15, 0.2) is 54.6 Å². The van der Waals surface area contributed by atoms with Crippen molar-refractivity contribution in [3.63, 3.8) is 0 Å². The van der Waals surface area contributed by atoms with Crippen molar-refractivity contribution in [3.05, 3.63) is 71.3 Å². The van der Waals surface area contributed by atoms with E-state index in [0.717, 1.165) is 18.4 Å². The first-order valence-electron chi connectivity index (χ1n) is 7.68. The predicted molar refractivity (Wildman–Crippen MR) is 86.4 cm³/mol. The van der Waals surface area contributed by atoms with Crippen LogP contribution < -0.4 is 0 Å². The fraction of sp³-hybridized carbons (Fsp3) is 0.263. The van der Waals surface area contributed by atoms with E-state index in [9.17, 15) is 10.1 Å². The van der Waals surface area contributed by atoms with Crippen LogP contribution in [-0.4, -0.2) is 5.97 Å². The van der Waals surface area contributed by atoms with Gasteiger partial charge in [-0.05, 0) is 24.6 Å². The van der Waals surface area contributed by atoms with Crippen molar-refractivity contribution in [2.45, 2.75) is 32.3 Å². The van der Waals surface area contributed by atoms with Gasteiger partial charge in [0.1, 0.15) is 6.10 Å². The first-order chi connectivity index (χ1) is 11.3. The average molecular weight is 309 g/mol. The Morgan fingerprint density at radius 1 is 1.13 bits per heavy atom. The van der Waals surface area contributed by atoms with Crippen LogP contribution in [0.1, 0.15) is 53.8 Å². The molecule has 2 aromatic carbocycles. The van der Waals surface area contributed by atoms with E-state index in [-0.39, 0.29) is 0 Å². The summed E-state index contributed by atoms with van der Waals surface area (Å²) in [6, 6.07) is 18.0. The molecular weight excluding hydrogens is 290 g/mol. The molecule has 0 amide bonds. The molecule has 23 heavy (non-hydrogen) atoms. The summed E-state index contributed by atoms with van der Waals surface area (Å²) in [4.78, 5) is 22.4. The Labute approximate surface area is 136 Å². The minimum Gasteiger partial charge on any atom is -0.292 e. The number of hydrogen-bond acceptors (Lipinski definition) is 4. The zero-order valence-corrected chi connectivity index (χ0v) is 13.1. The monoisotopic (exact) mass is 309 g/mol. The maximum atomic E-state index is 12.0. The summed E-state index contributed by atoms with van der Waals surface area (Å²) in [6.45, 7) is 2.07. The zero-order valence-electron chi connectivity index (χ0n) is 13.1. The van der Waals surface area contributed by atoms with Crippen molar-refractivity contribution in [3.8, 4) is 6.07 Å². The summed E-state index contributed by atoms with van der Waals surface area (Å²) in [6.07, 6.45) is 2.13. The van der Waals surface area contributed by atoms with Gasteiger partial charge in [0.25, 0.3) is 0 Å². The average Bonchev–Trinajstić information content (AvgIpc) is 2.62. The molecule has 0 aliphatic rings. The molecule has 4 heteroatoms. The number of nitrogens with zero attached hydrogens (tertiary/aromatic N) is 1. The molecule has 2 aromatic rings. The molecule has 4 nitrogen and oxygen atoms in total. The van der Waals surface area contributed by atoms with Gasteiger partial charge in [0.05, 0.1) is 17.2 Å². The topological polar surface area (TPSA) is 59.3 Å². The molecule has 0 N–H and O–H groups in total. The van der Waals surface area contributed by atoms with Crippen molar-refractivity contribution in [2.24, 2.45) is 0 Å². The van der Waals surface area contributed by atoms with Gasteiger partial charge < -0.3 is 0 Å². The van der Waals surface area contributed by atoms with E-state index in [0.29, 0.717) is 17.5 Å². The third kappa shape index (κ3) is 4.67. The van der Waals surface area contributed by atoms with Gasteiger partial charge in [-0.25, -0.2) is 4.79 Å². The van der Waals surface area contributed by atoms with Crippen LogP contribution >= 0.6 is 0 Å². The standard InChI is InChI=1S/C19H19NO3/c1-2-3-13-18(17-12-8-7-11-16(17)14-20)22-23-19(21)15-9-5-4-6-10-15/h4-12,18H,2-3,13H2,1H3. The SMILES string of the molecule is CCCCC(OOC(=O)c1ccccc1)c1ccccc1C#N. The van der Waals surface area contributed by atoms with E-state index >= 15 is 0 Å². The van der Waals surface area contributed by atoms with E-state index in [4.69, 9.17) is 9.78 Å². The Bertz CT molecular complexity index is 677. The molecule has 0 spiro atoms. The molecule has 2 rings (SSSR count). The van der Waals surface area contributed by atoms with Crippen LogP contribution in [0.3, 0.4) is 0 Å². The third-order valence-electron chi connectivity index (χ3n) is 3.50. The highest BCUT2D eigenvalue weighted by molar-refractivity contribution is 5.88. The lowest BCUT2D eigenvalue weighted by molar-refractivity contribution is -0.279. The Kier molecular flexibility index (Phi) is 6.34. The quantitative estimate of drug-likeness (QED) is 0.555. The van der Waals surface area contributed by atoms with Gasteiger partial charge in [-0.3, -0.25) is 4.89 Å². The predicted octanol–water partition coefficient (Wildman–Crippen LogP) is 4.58. The van der Waals surface area contributed by atoms with E-state index in [1.807, 2.05) is 18.2 Å². The lowest BCUT2D eigenvalue weighted by Gasteiger charge is -2.17. The molecule has 0 bridgehead atoms. The number of benzene rings is 2. The molecule has 1 atom stereocenters. The van der Waals surface area contributed by atoms with Gasteiger partial charge in [0.2, 0.25) is 0 Å². The lowest BCUT2D eigenvalue weighted by atomic mass is 9.99. The largest absolute Gasteiger partial charge is 0.373 e. The summed E-state index contributed by atoms with van der Waals surface area (Å²) in [7, 11) is 0. The fourth-order valence-corrected chi connectivity index (χ4v) is 2.25. The normalized spacial score (nSPS) is 11.5. The Hall–Kier alpha value is -2.64. The number of hydrogen-bond donors (Lipinski definition) is 0. The number of nitriles is 1. The lowest BCUT2D eigenvalue weighted by Crippen LogP contribution is -2.12. The van der Waals surface area contributed by atoms with Gasteiger partial charge >= 0.3 is 5.97 Å². The van der Waals surface area contributed by atoms with Crippen LogP contribution in [0.25, 0.3) is 0 Å². The first kappa shape index (κ1) is 16.7. The second-order valence-corrected chi connectivity index (χ2v) is 5.16. The number of unbranched alkanes of at least 4 members (excludes halogenated alkanes) is 1. The third-order valence-corrected chi connectivity index (χ3v) is 3.50. The van der Waals surface area contributed by atoms with Crippen LogP contribution in [0.5, 0.6) is 0 Å². The van der Waals surface area contributed by atoms with Crippen LogP contribution in [0.2, 0.25) is 0 Å². The molecule has 0 fully saturated rings. The van der Waals surface area contributed by atoms with E-state index < -0.39 is 12.1 Å². The maximum absolute atomic E-state index is 12.0. The summed E-state index contributed by atoms with van der Waals surface area (Å²) in [5.41, 5.74) is 1.70. The summed E-state index contributed by atoms with van der Waals surface area (Å²) < 4.78 is 0. The van der Waals surface area contributed by atoms with E-state index in [1.54, 1.807) is 36.4 Å². The van der Waals surface area contributed by atoms with Crippen molar-refractivity contribution in [1.29, 1.82) is 5.26 Å². The molecule has 1 unspecified atom stereocenters. The van der Waals surface area contributed by atoms with Crippen molar-refractivity contribution in [1.82, 2.24) is 0 Å². The molecule has 0 saturated heterocycles. The molecule has 0 aliphatic heterocycles. The molecule has 0 aliphatic carbocycles. The first-order valence-corrected chi connectivity index (χ1v) is 7.68. The fourth-order valence-electron chi connectivity index (χ4n) is 2.25. The Balaban J connectivity index is 2.10. The van der Waals surface area contributed by atoms with Crippen molar-refractivity contribution < 1.29 is 14.6 Å². The number of carbonyl (C=O) groups is 1.